The molecule has 1 aromatic heterocycles. The molecule has 8 heteroatoms. The first kappa shape index (κ1) is 18.8. The second-order valence-electron chi connectivity index (χ2n) is 6.28. The average molecular weight is 376 g/mol. The van der Waals surface area contributed by atoms with Crippen molar-refractivity contribution in [3.63, 3.8) is 0 Å². The topological polar surface area (TPSA) is 139 Å². The third kappa shape index (κ3) is 4.24. The summed E-state index contributed by atoms with van der Waals surface area (Å²) in [5.41, 5.74) is 14.4. The van der Waals surface area contributed by atoms with Gasteiger partial charge in [-0.1, -0.05) is 12.1 Å². The highest BCUT2D eigenvalue weighted by atomic mass is 16.2. The molecule has 0 saturated carbocycles. The number of fused-ring (bicyclic) bond motifs is 1. The molecule has 8 nitrogen and oxygen atoms in total. The van der Waals surface area contributed by atoms with Crippen LogP contribution in [0, 0.1) is 0 Å². The number of anilines is 1. The van der Waals surface area contributed by atoms with Crippen LogP contribution in [0.2, 0.25) is 0 Å². The summed E-state index contributed by atoms with van der Waals surface area (Å²) in [6, 6.07) is 14.1. The van der Waals surface area contributed by atoms with Crippen LogP contribution in [0.15, 0.2) is 58.7 Å². The number of nitrogens with one attached hydrogen (secondary N) is 2. The first-order chi connectivity index (χ1) is 13.3. The zero-order chi connectivity index (χ0) is 20.3. The number of H-pyrrole nitrogens is 1. The van der Waals surface area contributed by atoms with Crippen LogP contribution in [-0.2, 0) is 0 Å². The largest absolute Gasteiger partial charge is 0.369 e. The van der Waals surface area contributed by atoms with E-state index >= 15 is 0 Å². The Morgan fingerprint density at radius 2 is 1.61 bits per heavy atom. The van der Waals surface area contributed by atoms with Gasteiger partial charge in [-0.2, -0.15) is 5.10 Å². The van der Waals surface area contributed by atoms with Gasteiger partial charge in [0, 0.05) is 22.2 Å². The molecule has 0 spiro atoms. The van der Waals surface area contributed by atoms with Crippen molar-refractivity contribution >= 4 is 40.0 Å². The fourth-order valence-electron chi connectivity index (χ4n) is 2.66. The van der Waals surface area contributed by atoms with E-state index in [1.54, 1.807) is 55.5 Å². The highest BCUT2D eigenvalue weighted by Gasteiger charge is 2.11. The van der Waals surface area contributed by atoms with Gasteiger partial charge in [-0.3, -0.25) is 9.59 Å². The maximum Gasteiger partial charge on any atom is 0.272 e. The normalized spacial score (nSPS) is 11.3. The van der Waals surface area contributed by atoms with Gasteiger partial charge in [0.05, 0.1) is 5.71 Å². The molecule has 0 atom stereocenters. The highest BCUT2D eigenvalue weighted by molar-refractivity contribution is 6.07. The van der Waals surface area contributed by atoms with E-state index in [-0.39, 0.29) is 17.6 Å². The van der Waals surface area contributed by atoms with Gasteiger partial charge in [-0.15, -0.1) is 5.10 Å². The number of carbonyl (C=O) groups excluding carboxylic acids is 2. The third-order valence-electron chi connectivity index (χ3n) is 4.15. The molecule has 6 N–H and O–H groups in total. The van der Waals surface area contributed by atoms with Crippen LogP contribution in [0.25, 0.3) is 10.9 Å². The van der Waals surface area contributed by atoms with Crippen molar-refractivity contribution in [1.29, 1.82) is 0 Å². The van der Waals surface area contributed by atoms with E-state index in [1.165, 1.54) is 6.92 Å². The smallest absolute Gasteiger partial charge is 0.272 e. The number of nitrogens with zero attached hydrogens (tertiary/aromatic N) is 2. The number of rotatable bonds is 5. The molecule has 0 fully saturated rings. The summed E-state index contributed by atoms with van der Waals surface area (Å²) in [6.45, 7) is 3.29. The predicted molar refractivity (Wildman–Crippen MR) is 111 cm³/mol. The van der Waals surface area contributed by atoms with Crippen molar-refractivity contribution in [3.05, 3.63) is 65.4 Å². The average Bonchev–Trinajstić information content (AvgIpc) is 3.10. The van der Waals surface area contributed by atoms with Crippen molar-refractivity contribution in [1.82, 2.24) is 4.98 Å². The number of benzene rings is 2. The Labute approximate surface area is 161 Å². The minimum Gasteiger partial charge on any atom is -0.369 e. The Bertz CT molecular complexity index is 1110. The highest BCUT2D eigenvalue weighted by Crippen LogP contribution is 2.19. The van der Waals surface area contributed by atoms with E-state index in [9.17, 15) is 9.59 Å². The molecule has 142 valence electrons. The number of carbonyl (C=O) groups is 2. The first-order valence-corrected chi connectivity index (χ1v) is 8.52. The Morgan fingerprint density at radius 3 is 2.25 bits per heavy atom. The molecule has 1 heterocycles. The summed E-state index contributed by atoms with van der Waals surface area (Å²) < 4.78 is 0. The van der Waals surface area contributed by atoms with Gasteiger partial charge < -0.3 is 21.8 Å². The molecule has 1 amide bonds. The molecular weight excluding hydrogens is 356 g/mol. The summed E-state index contributed by atoms with van der Waals surface area (Å²) in [5, 5.41) is 11.2. The zero-order valence-electron chi connectivity index (χ0n) is 15.5. The molecule has 0 aliphatic heterocycles. The molecule has 0 saturated heterocycles. The van der Waals surface area contributed by atoms with E-state index in [2.05, 4.69) is 20.5 Å². The fraction of sp³-hybridized carbons (Fsp3) is 0.100. The summed E-state index contributed by atoms with van der Waals surface area (Å²) >= 11 is 0. The van der Waals surface area contributed by atoms with Gasteiger partial charge in [-0.25, -0.2) is 0 Å². The molecule has 0 aliphatic carbocycles. The van der Waals surface area contributed by atoms with Crippen LogP contribution in [-0.4, -0.2) is 28.3 Å². The lowest BCUT2D eigenvalue weighted by Crippen LogP contribution is -2.22. The van der Waals surface area contributed by atoms with Gasteiger partial charge in [0.1, 0.15) is 5.69 Å². The molecule has 3 rings (SSSR count). The van der Waals surface area contributed by atoms with Crippen molar-refractivity contribution in [2.75, 3.05) is 5.32 Å². The number of amides is 1. The minimum absolute atomic E-state index is 0.0205. The fourth-order valence-corrected chi connectivity index (χ4v) is 2.66. The third-order valence-corrected chi connectivity index (χ3v) is 4.15. The molecule has 0 aliphatic rings. The van der Waals surface area contributed by atoms with Gasteiger partial charge >= 0.3 is 0 Å². The predicted octanol–water partition coefficient (Wildman–Crippen LogP) is 2.62. The second-order valence-corrected chi connectivity index (χ2v) is 6.28. The van der Waals surface area contributed by atoms with Crippen molar-refractivity contribution in [3.8, 4) is 0 Å². The standard InChI is InChI=1S/C20H20N6O2/c1-11(25-26-20(21)22)13-3-6-16(7-4-13)23-19(28)18-10-15-9-14(12(2)27)5-8-17(15)24-18/h3-10,24H,1-2H3,(H,23,28)(H4,21,22,26)/b25-11-. The summed E-state index contributed by atoms with van der Waals surface area (Å²) in [4.78, 5) is 27.1. The van der Waals surface area contributed by atoms with Crippen LogP contribution < -0.4 is 16.8 Å². The van der Waals surface area contributed by atoms with Crippen molar-refractivity contribution in [2.45, 2.75) is 13.8 Å². The van der Waals surface area contributed by atoms with Crippen LogP contribution in [0.4, 0.5) is 5.69 Å². The van der Waals surface area contributed by atoms with E-state index in [1.807, 2.05) is 0 Å². The quantitative estimate of drug-likeness (QED) is 0.235. The SMILES string of the molecule is CC(=O)c1ccc2[nH]c(C(=O)Nc3ccc(/C(C)=N\N=C(N)N)cc3)cc2c1. The van der Waals surface area contributed by atoms with E-state index < -0.39 is 0 Å². The van der Waals surface area contributed by atoms with Crippen LogP contribution in [0.1, 0.15) is 40.3 Å². The summed E-state index contributed by atoms with van der Waals surface area (Å²) in [6.07, 6.45) is 0. The number of ketones is 1. The number of Topliss-reactive ketones (excluding diaryl/α,β-unsaturated/α-hetero) is 1. The Morgan fingerprint density at radius 1 is 0.929 bits per heavy atom. The molecule has 0 unspecified atom stereocenters. The lowest BCUT2D eigenvalue weighted by molar-refractivity contribution is 0.101. The Balaban J connectivity index is 1.76. The Kier molecular flexibility index (Phi) is 5.21. The summed E-state index contributed by atoms with van der Waals surface area (Å²) in [7, 11) is 0. The van der Waals surface area contributed by atoms with Gasteiger partial charge in [0.15, 0.2) is 5.78 Å². The van der Waals surface area contributed by atoms with Gasteiger partial charge in [0.2, 0.25) is 5.96 Å². The maximum absolute atomic E-state index is 12.5. The van der Waals surface area contributed by atoms with Crippen molar-refractivity contribution in [2.24, 2.45) is 21.7 Å². The molecule has 28 heavy (non-hydrogen) atoms. The summed E-state index contributed by atoms with van der Waals surface area (Å²) in [5.74, 6) is -0.413. The second kappa shape index (κ2) is 7.75. The minimum atomic E-state index is -0.279. The molecule has 2 aromatic carbocycles. The van der Waals surface area contributed by atoms with E-state index in [0.29, 0.717) is 22.7 Å². The van der Waals surface area contributed by atoms with E-state index in [0.717, 1.165) is 16.5 Å². The lowest BCUT2D eigenvalue weighted by atomic mass is 10.1. The van der Waals surface area contributed by atoms with Crippen LogP contribution >= 0.6 is 0 Å². The number of aromatic nitrogens is 1. The number of nitrogens with two attached hydrogens (primary N) is 2. The molecular formula is C20H20N6O2. The van der Waals surface area contributed by atoms with Crippen LogP contribution in [0.3, 0.4) is 0 Å². The molecule has 0 radical (unpaired) electrons. The molecule has 0 bridgehead atoms. The zero-order valence-corrected chi connectivity index (χ0v) is 15.5. The van der Waals surface area contributed by atoms with Gasteiger partial charge in [0.25, 0.3) is 5.91 Å². The monoisotopic (exact) mass is 376 g/mol. The van der Waals surface area contributed by atoms with Crippen molar-refractivity contribution < 1.29 is 9.59 Å². The number of hydrogen-bond acceptors (Lipinski definition) is 4. The Hall–Kier alpha value is -3.94. The lowest BCUT2D eigenvalue weighted by Gasteiger charge is -2.05. The number of aromatic amines is 1. The first-order valence-electron chi connectivity index (χ1n) is 8.52. The number of hydrogen-bond donors (Lipinski definition) is 4. The number of guanidine groups is 1. The van der Waals surface area contributed by atoms with Crippen LogP contribution in [0.5, 0.6) is 0 Å². The van der Waals surface area contributed by atoms with E-state index in [4.69, 9.17) is 11.5 Å². The maximum atomic E-state index is 12.5. The molecule has 3 aromatic rings. The van der Waals surface area contributed by atoms with Gasteiger partial charge in [-0.05, 0) is 55.8 Å².